The molecule has 1 aliphatic heterocycles. The summed E-state index contributed by atoms with van der Waals surface area (Å²) in [6.07, 6.45) is 1.55. The lowest BCUT2D eigenvalue weighted by atomic mass is 9.83. The van der Waals surface area contributed by atoms with Crippen molar-refractivity contribution in [2.24, 2.45) is 5.92 Å². The van der Waals surface area contributed by atoms with Crippen LogP contribution in [-0.4, -0.2) is 42.2 Å². The zero-order chi connectivity index (χ0) is 15.5. The van der Waals surface area contributed by atoms with Gasteiger partial charge in [-0.25, -0.2) is 4.79 Å². The second-order valence-electron chi connectivity index (χ2n) is 6.20. The minimum absolute atomic E-state index is 0. The highest BCUT2D eigenvalue weighted by Gasteiger charge is 2.43. The van der Waals surface area contributed by atoms with Gasteiger partial charge in [0.05, 0.1) is 0 Å². The van der Waals surface area contributed by atoms with Crippen molar-refractivity contribution in [1.29, 1.82) is 0 Å². The van der Waals surface area contributed by atoms with Gasteiger partial charge in [0.2, 0.25) is 0 Å². The Morgan fingerprint density at radius 2 is 1.82 bits per heavy atom. The van der Waals surface area contributed by atoms with Crippen LogP contribution in [-0.2, 0) is 15.1 Å². The average Bonchev–Trinajstić information content (AvgIpc) is 2.49. The van der Waals surface area contributed by atoms with Crippen molar-refractivity contribution in [1.82, 2.24) is 4.90 Å². The first kappa shape index (κ1) is 18.9. The summed E-state index contributed by atoms with van der Waals surface area (Å²) in [7, 11) is 2.06. The molecule has 0 aliphatic carbocycles. The molecule has 1 unspecified atom stereocenters. The van der Waals surface area contributed by atoms with E-state index in [0.717, 1.165) is 25.9 Å². The van der Waals surface area contributed by atoms with Crippen LogP contribution in [0.5, 0.6) is 0 Å². The Hall–Kier alpha value is -1.10. The Morgan fingerprint density at radius 3 is 2.32 bits per heavy atom. The molecular weight excluding hydrogens is 302 g/mol. The van der Waals surface area contributed by atoms with Gasteiger partial charge in [0.15, 0.2) is 5.60 Å². The van der Waals surface area contributed by atoms with Crippen LogP contribution in [0.1, 0.15) is 32.3 Å². The van der Waals surface area contributed by atoms with Crippen LogP contribution in [0.25, 0.3) is 0 Å². The second-order valence-corrected chi connectivity index (χ2v) is 6.20. The van der Waals surface area contributed by atoms with E-state index in [1.165, 1.54) is 0 Å². The van der Waals surface area contributed by atoms with Crippen LogP contribution in [0.2, 0.25) is 0 Å². The lowest BCUT2D eigenvalue weighted by Crippen LogP contribution is -2.45. The smallest absolute Gasteiger partial charge is 0.343 e. The van der Waals surface area contributed by atoms with Crippen molar-refractivity contribution in [2.75, 3.05) is 20.1 Å². The second kappa shape index (κ2) is 7.95. The minimum atomic E-state index is -1.58. The Labute approximate surface area is 138 Å². The van der Waals surface area contributed by atoms with Gasteiger partial charge < -0.3 is 14.7 Å². The van der Waals surface area contributed by atoms with Crippen LogP contribution in [0.4, 0.5) is 0 Å². The number of aliphatic hydroxyl groups is 1. The molecule has 22 heavy (non-hydrogen) atoms. The highest BCUT2D eigenvalue weighted by Crippen LogP contribution is 2.32. The molecule has 1 aromatic rings. The first-order valence-electron chi connectivity index (χ1n) is 7.62. The van der Waals surface area contributed by atoms with E-state index in [1.807, 2.05) is 32.0 Å². The number of halogens is 1. The van der Waals surface area contributed by atoms with Crippen molar-refractivity contribution in [3.05, 3.63) is 35.9 Å². The van der Waals surface area contributed by atoms with Crippen LogP contribution in [0.3, 0.4) is 0 Å². The lowest BCUT2D eigenvalue weighted by molar-refractivity contribution is -0.180. The summed E-state index contributed by atoms with van der Waals surface area (Å²) in [5.41, 5.74) is -0.983. The summed E-state index contributed by atoms with van der Waals surface area (Å²) >= 11 is 0. The number of carbonyl (C=O) groups is 1. The van der Waals surface area contributed by atoms with E-state index in [0.29, 0.717) is 5.56 Å². The molecule has 0 radical (unpaired) electrons. The maximum Gasteiger partial charge on any atom is 0.343 e. The molecule has 1 atom stereocenters. The molecular formula is C17H26ClNO3. The molecule has 1 N–H and O–H groups in total. The van der Waals surface area contributed by atoms with Gasteiger partial charge in [-0.15, -0.1) is 12.4 Å². The Bertz CT molecular complexity index is 472. The van der Waals surface area contributed by atoms with Crippen LogP contribution in [0, 0.1) is 5.92 Å². The SMILES string of the molecule is CC(C)C(O)(C(=O)OC1CCN(C)CC1)c1ccccc1.Cl. The number of nitrogens with zero attached hydrogens (tertiary/aromatic N) is 1. The normalized spacial score (nSPS) is 19.3. The molecule has 0 spiro atoms. The summed E-state index contributed by atoms with van der Waals surface area (Å²) < 4.78 is 5.60. The first-order valence-corrected chi connectivity index (χ1v) is 7.62. The zero-order valence-electron chi connectivity index (χ0n) is 13.5. The van der Waals surface area contributed by atoms with Gasteiger partial charge in [-0.1, -0.05) is 44.2 Å². The third kappa shape index (κ3) is 4.00. The van der Waals surface area contributed by atoms with Crippen molar-refractivity contribution < 1.29 is 14.6 Å². The van der Waals surface area contributed by atoms with Gasteiger partial charge in [0.25, 0.3) is 0 Å². The molecule has 0 aromatic heterocycles. The standard InChI is InChI=1S/C17H25NO3.ClH/c1-13(2)17(20,14-7-5-4-6-8-14)16(19)21-15-9-11-18(3)12-10-15;/h4-8,13,15,20H,9-12H2,1-3H3;1H. The summed E-state index contributed by atoms with van der Waals surface area (Å²) in [6, 6.07) is 9.06. The third-order valence-corrected chi connectivity index (χ3v) is 4.30. The molecule has 1 saturated heterocycles. The summed E-state index contributed by atoms with van der Waals surface area (Å²) in [6.45, 7) is 5.51. The number of hydrogen-bond acceptors (Lipinski definition) is 4. The van der Waals surface area contributed by atoms with E-state index in [-0.39, 0.29) is 24.4 Å². The number of esters is 1. The van der Waals surface area contributed by atoms with Gasteiger partial charge in [-0.05, 0) is 31.4 Å². The van der Waals surface area contributed by atoms with E-state index in [1.54, 1.807) is 12.1 Å². The van der Waals surface area contributed by atoms with Crippen molar-refractivity contribution in [3.63, 3.8) is 0 Å². The Balaban J connectivity index is 0.00000242. The molecule has 1 heterocycles. The highest BCUT2D eigenvalue weighted by molar-refractivity contribution is 5.85. The van der Waals surface area contributed by atoms with Gasteiger partial charge >= 0.3 is 5.97 Å². The largest absolute Gasteiger partial charge is 0.460 e. The number of likely N-dealkylation sites (tertiary alicyclic amines) is 1. The van der Waals surface area contributed by atoms with Crippen molar-refractivity contribution in [3.8, 4) is 0 Å². The molecule has 0 bridgehead atoms. The van der Waals surface area contributed by atoms with E-state index < -0.39 is 11.6 Å². The molecule has 1 fully saturated rings. The van der Waals surface area contributed by atoms with Crippen molar-refractivity contribution in [2.45, 2.75) is 38.4 Å². The fourth-order valence-corrected chi connectivity index (χ4v) is 2.72. The number of rotatable bonds is 4. The number of piperidine rings is 1. The van der Waals surface area contributed by atoms with Crippen LogP contribution < -0.4 is 0 Å². The highest BCUT2D eigenvalue weighted by atomic mass is 35.5. The lowest BCUT2D eigenvalue weighted by Gasteiger charge is -2.34. The van der Waals surface area contributed by atoms with E-state index >= 15 is 0 Å². The van der Waals surface area contributed by atoms with Crippen LogP contribution >= 0.6 is 12.4 Å². The zero-order valence-corrected chi connectivity index (χ0v) is 14.3. The molecule has 4 nitrogen and oxygen atoms in total. The Kier molecular flexibility index (Phi) is 6.85. The molecule has 5 heteroatoms. The van der Waals surface area contributed by atoms with Gasteiger partial charge in [-0.2, -0.15) is 0 Å². The number of ether oxygens (including phenoxy) is 1. The first-order chi connectivity index (χ1) is 9.94. The molecule has 0 amide bonds. The van der Waals surface area contributed by atoms with Gasteiger partial charge in [-0.3, -0.25) is 0 Å². The van der Waals surface area contributed by atoms with Gasteiger partial charge in [0.1, 0.15) is 6.10 Å². The Morgan fingerprint density at radius 1 is 1.27 bits per heavy atom. The number of benzene rings is 1. The number of carbonyl (C=O) groups excluding carboxylic acids is 1. The monoisotopic (exact) mass is 327 g/mol. The molecule has 1 aliphatic rings. The summed E-state index contributed by atoms with van der Waals surface area (Å²) in [5.74, 6) is -0.781. The fourth-order valence-electron chi connectivity index (χ4n) is 2.72. The van der Waals surface area contributed by atoms with E-state index in [2.05, 4.69) is 11.9 Å². The average molecular weight is 328 g/mol. The van der Waals surface area contributed by atoms with Crippen LogP contribution in [0.15, 0.2) is 30.3 Å². The molecule has 0 saturated carbocycles. The molecule has 1 aromatic carbocycles. The van der Waals surface area contributed by atoms with E-state index in [4.69, 9.17) is 4.74 Å². The predicted octanol–water partition coefficient (Wildman–Crippen LogP) is 2.59. The summed E-state index contributed by atoms with van der Waals surface area (Å²) in [5, 5.41) is 10.9. The topological polar surface area (TPSA) is 49.8 Å². The summed E-state index contributed by atoms with van der Waals surface area (Å²) in [4.78, 5) is 14.8. The van der Waals surface area contributed by atoms with Gasteiger partial charge in [0, 0.05) is 13.1 Å². The minimum Gasteiger partial charge on any atom is -0.460 e. The number of hydrogen-bond donors (Lipinski definition) is 1. The third-order valence-electron chi connectivity index (χ3n) is 4.30. The predicted molar refractivity (Wildman–Crippen MR) is 89.0 cm³/mol. The quantitative estimate of drug-likeness (QED) is 0.864. The van der Waals surface area contributed by atoms with Crippen molar-refractivity contribution >= 4 is 18.4 Å². The fraction of sp³-hybridized carbons (Fsp3) is 0.588. The maximum atomic E-state index is 12.6. The molecule has 124 valence electrons. The van der Waals surface area contributed by atoms with E-state index in [9.17, 15) is 9.90 Å². The molecule has 2 rings (SSSR count). The maximum absolute atomic E-state index is 12.6.